The summed E-state index contributed by atoms with van der Waals surface area (Å²) >= 11 is 12.2. The maximum atomic E-state index is 13.0. The normalized spacial score (nSPS) is 16.4. The van der Waals surface area contributed by atoms with Gasteiger partial charge >= 0.3 is 0 Å². The highest BCUT2D eigenvalue weighted by atomic mass is 35.5. The minimum absolute atomic E-state index is 0.111. The molecule has 1 aliphatic rings. The number of aryl methyl sites for hydroxylation is 3. The fourth-order valence-corrected chi connectivity index (χ4v) is 5.36. The number of nitrogens with one attached hydrogen (secondary N) is 1. The number of piperazine rings is 1. The van der Waals surface area contributed by atoms with Crippen molar-refractivity contribution < 1.29 is 8.42 Å². The summed E-state index contributed by atoms with van der Waals surface area (Å²) in [5, 5.41) is 7.79. The lowest BCUT2D eigenvalue weighted by Gasteiger charge is -2.35. The molecule has 3 rings (SSSR count). The summed E-state index contributed by atoms with van der Waals surface area (Å²) in [6.45, 7) is 7.66. The van der Waals surface area contributed by atoms with Crippen LogP contribution in [-0.4, -0.2) is 49.1 Å². The fourth-order valence-electron chi connectivity index (χ4n) is 3.13. The topological polar surface area (TPSA) is 69.3 Å². The van der Waals surface area contributed by atoms with Gasteiger partial charge in [-0.05, 0) is 38.5 Å². The molecule has 0 atom stereocenters. The molecule has 136 valence electrons. The fraction of sp³-hybridized carbons (Fsp3) is 0.438. The zero-order valence-corrected chi connectivity index (χ0v) is 16.6. The summed E-state index contributed by atoms with van der Waals surface area (Å²) in [6.07, 6.45) is 0. The van der Waals surface area contributed by atoms with Crippen LogP contribution in [0.5, 0.6) is 0 Å². The number of benzene rings is 1. The van der Waals surface area contributed by atoms with Gasteiger partial charge in [-0.1, -0.05) is 23.2 Å². The first kappa shape index (κ1) is 18.5. The highest BCUT2D eigenvalue weighted by Gasteiger charge is 2.31. The van der Waals surface area contributed by atoms with Crippen LogP contribution in [0.15, 0.2) is 17.0 Å². The summed E-state index contributed by atoms with van der Waals surface area (Å²) in [4.78, 5) is 2.27. The highest BCUT2D eigenvalue weighted by Crippen LogP contribution is 2.31. The lowest BCUT2D eigenvalue weighted by molar-refractivity contribution is 0.384. The van der Waals surface area contributed by atoms with Crippen molar-refractivity contribution in [1.82, 2.24) is 14.5 Å². The molecule has 1 aromatic heterocycles. The molecule has 0 aliphatic carbocycles. The van der Waals surface area contributed by atoms with E-state index in [1.54, 1.807) is 6.92 Å². The van der Waals surface area contributed by atoms with Crippen molar-refractivity contribution in [3.05, 3.63) is 39.1 Å². The Labute approximate surface area is 157 Å². The Hall–Kier alpha value is -1.28. The third kappa shape index (κ3) is 3.38. The van der Waals surface area contributed by atoms with Crippen molar-refractivity contribution in [2.45, 2.75) is 25.7 Å². The standard InChI is InChI=1S/C16H20Cl2N4O2S/c1-10-8-15(14(18)9-13(10)17)25(23,24)22-6-4-21(5-7-22)16-11(2)19-20-12(16)3/h8-9H,4-7H2,1-3H3,(H,19,20). The molecule has 0 radical (unpaired) electrons. The molecular formula is C16H20Cl2N4O2S. The van der Waals surface area contributed by atoms with Gasteiger partial charge in [0.15, 0.2) is 0 Å². The molecule has 1 saturated heterocycles. The first-order valence-corrected chi connectivity index (χ1v) is 10.1. The van der Waals surface area contributed by atoms with E-state index in [1.165, 1.54) is 16.4 Å². The van der Waals surface area contributed by atoms with E-state index in [0.29, 0.717) is 36.8 Å². The maximum absolute atomic E-state index is 13.0. The number of aromatic nitrogens is 2. The van der Waals surface area contributed by atoms with E-state index < -0.39 is 10.0 Å². The number of hydrogen-bond acceptors (Lipinski definition) is 4. The lowest BCUT2D eigenvalue weighted by atomic mass is 10.2. The highest BCUT2D eigenvalue weighted by molar-refractivity contribution is 7.89. The van der Waals surface area contributed by atoms with Gasteiger partial charge in [0.1, 0.15) is 4.90 Å². The number of anilines is 1. The number of hydrogen-bond donors (Lipinski definition) is 1. The molecule has 0 unspecified atom stereocenters. The molecule has 1 aromatic carbocycles. The summed E-state index contributed by atoms with van der Waals surface area (Å²) in [5.74, 6) is 0. The molecule has 1 aliphatic heterocycles. The molecule has 0 amide bonds. The molecule has 0 bridgehead atoms. The monoisotopic (exact) mass is 402 g/mol. The minimum Gasteiger partial charge on any atom is -0.366 e. The van der Waals surface area contributed by atoms with Gasteiger partial charge in [0, 0.05) is 31.2 Å². The zero-order chi connectivity index (χ0) is 18.4. The van der Waals surface area contributed by atoms with Crippen LogP contribution in [0.1, 0.15) is 17.0 Å². The van der Waals surface area contributed by atoms with E-state index in [4.69, 9.17) is 23.2 Å². The SMILES string of the molecule is Cc1cc(S(=O)(=O)N2CCN(c3c(C)n[nH]c3C)CC2)c(Cl)cc1Cl. The zero-order valence-electron chi connectivity index (χ0n) is 14.3. The Bertz CT molecular complexity index is 884. The van der Waals surface area contributed by atoms with Crippen LogP contribution in [0, 0.1) is 20.8 Å². The molecule has 1 N–H and O–H groups in total. The van der Waals surface area contributed by atoms with Crippen LogP contribution in [0.2, 0.25) is 10.0 Å². The van der Waals surface area contributed by atoms with E-state index in [0.717, 1.165) is 17.1 Å². The van der Waals surface area contributed by atoms with Gasteiger partial charge in [-0.2, -0.15) is 9.40 Å². The summed E-state index contributed by atoms with van der Waals surface area (Å²) in [5.41, 5.74) is 3.65. The van der Waals surface area contributed by atoms with E-state index in [2.05, 4.69) is 15.1 Å². The Balaban J connectivity index is 1.82. The molecule has 1 fully saturated rings. The van der Waals surface area contributed by atoms with Gasteiger partial charge in [-0.3, -0.25) is 5.10 Å². The molecule has 2 aromatic rings. The van der Waals surface area contributed by atoms with E-state index in [-0.39, 0.29) is 9.92 Å². The maximum Gasteiger partial charge on any atom is 0.244 e. The Kier molecular flexibility index (Phi) is 5.03. The van der Waals surface area contributed by atoms with E-state index in [1.807, 2.05) is 13.8 Å². The predicted octanol–water partition coefficient (Wildman–Crippen LogP) is 3.15. The molecule has 9 heteroatoms. The van der Waals surface area contributed by atoms with Gasteiger partial charge < -0.3 is 4.90 Å². The number of rotatable bonds is 3. The largest absolute Gasteiger partial charge is 0.366 e. The number of nitrogens with zero attached hydrogens (tertiary/aromatic N) is 3. The van der Waals surface area contributed by atoms with Crippen molar-refractivity contribution >= 4 is 38.9 Å². The van der Waals surface area contributed by atoms with Crippen molar-refractivity contribution in [2.75, 3.05) is 31.1 Å². The molecule has 6 nitrogen and oxygen atoms in total. The third-order valence-corrected chi connectivity index (χ3v) is 7.25. The molecular weight excluding hydrogens is 383 g/mol. The second kappa shape index (κ2) is 6.79. The number of sulfonamides is 1. The third-order valence-electron chi connectivity index (χ3n) is 4.48. The van der Waals surface area contributed by atoms with Crippen LogP contribution in [0.4, 0.5) is 5.69 Å². The average Bonchev–Trinajstić information content (AvgIpc) is 2.89. The van der Waals surface area contributed by atoms with Gasteiger partial charge in [-0.25, -0.2) is 8.42 Å². The molecule has 0 saturated carbocycles. The number of halogens is 2. The minimum atomic E-state index is -3.65. The van der Waals surface area contributed by atoms with Crippen molar-refractivity contribution in [3.63, 3.8) is 0 Å². The van der Waals surface area contributed by atoms with Crippen LogP contribution < -0.4 is 4.90 Å². The van der Waals surface area contributed by atoms with Gasteiger partial charge in [0.25, 0.3) is 0 Å². The smallest absolute Gasteiger partial charge is 0.244 e. The second-order valence-corrected chi connectivity index (χ2v) is 8.93. The molecule has 2 heterocycles. The van der Waals surface area contributed by atoms with E-state index >= 15 is 0 Å². The number of H-pyrrole nitrogens is 1. The van der Waals surface area contributed by atoms with Crippen LogP contribution in [-0.2, 0) is 10.0 Å². The quantitative estimate of drug-likeness (QED) is 0.855. The number of aromatic amines is 1. The Morgan fingerprint density at radius 3 is 2.24 bits per heavy atom. The summed E-state index contributed by atoms with van der Waals surface area (Å²) in [7, 11) is -3.65. The van der Waals surface area contributed by atoms with Gasteiger partial charge in [0.05, 0.1) is 22.1 Å². The van der Waals surface area contributed by atoms with E-state index in [9.17, 15) is 8.42 Å². The first-order chi connectivity index (χ1) is 11.7. The van der Waals surface area contributed by atoms with Gasteiger partial charge in [0.2, 0.25) is 10.0 Å². The van der Waals surface area contributed by atoms with Crippen molar-refractivity contribution in [3.8, 4) is 0 Å². The van der Waals surface area contributed by atoms with Crippen molar-refractivity contribution in [2.24, 2.45) is 0 Å². The van der Waals surface area contributed by atoms with Gasteiger partial charge in [-0.15, -0.1) is 0 Å². The molecule has 25 heavy (non-hydrogen) atoms. The predicted molar refractivity (Wildman–Crippen MR) is 100 cm³/mol. The van der Waals surface area contributed by atoms with Crippen LogP contribution in [0.25, 0.3) is 0 Å². The molecule has 0 spiro atoms. The summed E-state index contributed by atoms with van der Waals surface area (Å²) in [6, 6.07) is 3.02. The lowest BCUT2D eigenvalue weighted by Crippen LogP contribution is -2.49. The average molecular weight is 403 g/mol. The van der Waals surface area contributed by atoms with Crippen molar-refractivity contribution in [1.29, 1.82) is 0 Å². The van der Waals surface area contributed by atoms with Crippen LogP contribution >= 0.6 is 23.2 Å². The Morgan fingerprint density at radius 1 is 1.04 bits per heavy atom. The van der Waals surface area contributed by atoms with Crippen LogP contribution in [0.3, 0.4) is 0 Å². The first-order valence-electron chi connectivity index (χ1n) is 7.94. The Morgan fingerprint density at radius 2 is 1.68 bits per heavy atom. The summed E-state index contributed by atoms with van der Waals surface area (Å²) < 4.78 is 27.4. The second-order valence-electron chi connectivity index (χ2n) is 6.21.